The van der Waals surface area contributed by atoms with E-state index in [1.807, 2.05) is 73.0 Å². The van der Waals surface area contributed by atoms with Crippen molar-refractivity contribution in [3.05, 3.63) is 65.2 Å². The van der Waals surface area contributed by atoms with Crippen LogP contribution >= 0.6 is 23.4 Å². The molecule has 4 nitrogen and oxygen atoms in total. The Morgan fingerprint density at radius 2 is 1.90 bits per heavy atom. The van der Waals surface area contributed by atoms with E-state index in [4.69, 9.17) is 11.6 Å². The van der Waals surface area contributed by atoms with E-state index in [0.717, 1.165) is 46.8 Å². The van der Waals surface area contributed by atoms with Crippen LogP contribution in [0.25, 0.3) is 22.5 Å². The Labute approximate surface area is 180 Å². The maximum absolute atomic E-state index is 12.7. The van der Waals surface area contributed by atoms with Crippen molar-refractivity contribution >= 4 is 29.3 Å². The number of nitrogens with zero attached hydrogens (tertiary/aromatic N) is 2. The van der Waals surface area contributed by atoms with Crippen LogP contribution < -0.4 is 0 Å². The summed E-state index contributed by atoms with van der Waals surface area (Å²) in [5.74, 6) is 1.19. The number of nitrogens with one attached hydrogen (secondary N) is 1. The van der Waals surface area contributed by atoms with Gasteiger partial charge < -0.3 is 4.90 Å². The third kappa shape index (κ3) is 4.21. The second-order valence-corrected chi connectivity index (χ2v) is 9.24. The molecule has 1 aromatic heterocycles. The molecule has 1 N–H and O–H groups in total. The first-order valence-electron chi connectivity index (χ1n) is 9.85. The quantitative estimate of drug-likeness (QED) is 0.587. The van der Waals surface area contributed by atoms with Gasteiger partial charge in [0.05, 0.1) is 16.8 Å². The first kappa shape index (κ1) is 20.0. The largest absolute Gasteiger partial charge is 0.329 e. The van der Waals surface area contributed by atoms with E-state index in [2.05, 4.69) is 22.3 Å². The first-order chi connectivity index (χ1) is 14.0. The zero-order valence-corrected chi connectivity index (χ0v) is 18.1. The number of aromatic nitrogens is 2. The number of amides is 1. The molecule has 0 spiro atoms. The number of hydrogen-bond acceptors (Lipinski definition) is 3. The number of halogens is 1. The highest BCUT2D eigenvalue weighted by molar-refractivity contribution is 8.00. The fourth-order valence-electron chi connectivity index (χ4n) is 3.70. The molecule has 6 heteroatoms. The summed E-state index contributed by atoms with van der Waals surface area (Å²) in [7, 11) is 0. The Kier molecular flexibility index (Phi) is 5.97. The second kappa shape index (κ2) is 8.64. The van der Waals surface area contributed by atoms with Crippen LogP contribution in [0.5, 0.6) is 0 Å². The molecule has 0 radical (unpaired) electrons. The van der Waals surface area contributed by atoms with Crippen molar-refractivity contribution in [1.82, 2.24) is 15.1 Å². The average molecular weight is 426 g/mol. The maximum Gasteiger partial charge on any atom is 0.226 e. The third-order valence-electron chi connectivity index (χ3n) is 5.19. The molecule has 1 aliphatic heterocycles. The number of thioether (sulfide) groups is 1. The van der Waals surface area contributed by atoms with Crippen molar-refractivity contribution in [2.75, 3.05) is 12.3 Å². The summed E-state index contributed by atoms with van der Waals surface area (Å²) in [5.41, 5.74) is 5.19. The van der Waals surface area contributed by atoms with Crippen LogP contribution in [0.4, 0.5) is 0 Å². The lowest BCUT2D eigenvalue weighted by Gasteiger charge is -2.26. The summed E-state index contributed by atoms with van der Waals surface area (Å²) < 4.78 is 0. The van der Waals surface area contributed by atoms with Crippen LogP contribution in [0.3, 0.4) is 0 Å². The molecule has 0 saturated carbocycles. The van der Waals surface area contributed by atoms with E-state index >= 15 is 0 Å². The Balaban J connectivity index is 1.74. The molecular formula is C23H24ClN3OS. The highest BCUT2D eigenvalue weighted by atomic mass is 35.5. The standard InChI is InChI=1S/C23H24ClN3OS/c1-15(2)23(28)27-12-13-29-20(27)14-19-21(16-6-4-3-5-7-16)25-26-22(19)17-8-10-18(24)11-9-17/h3-11,15,20H,12-14H2,1-2H3,(H,25,26). The van der Waals surface area contributed by atoms with Gasteiger partial charge in [-0.25, -0.2) is 0 Å². The SMILES string of the molecule is CC(C)C(=O)N1CCSC1Cc1c(-c2ccccc2)n[nH]c1-c1ccc(Cl)cc1. The predicted molar refractivity (Wildman–Crippen MR) is 121 cm³/mol. The van der Waals surface area contributed by atoms with Gasteiger partial charge >= 0.3 is 0 Å². The van der Waals surface area contributed by atoms with E-state index in [1.165, 1.54) is 0 Å². The fraction of sp³-hybridized carbons (Fsp3) is 0.304. The summed E-state index contributed by atoms with van der Waals surface area (Å²) in [6.45, 7) is 4.74. The summed E-state index contributed by atoms with van der Waals surface area (Å²) in [6, 6.07) is 18.0. The zero-order chi connectivity index (χ0) is 20.4. The summed E-state index contributed by atoms with van der Waals surface area (Å²) >= 11 is 7.93. The van der Waals surface area contributed by atoms with Gasteiger partial charge in [-0.05, 0) is 17.7 Å². The molecule has 1 atom stereocenters. The van der Waals surface area contributed by atoms with Gasteiger partial charge in [0.25, 0.3) is 0 Å². The Morgan fingerprint density at radius 1 is 1.17 bits per heavy atom. The highest BCUT2D eigenvalue weighted by Crippen LogP contribution is 2.36. The van der Waals surface area contributed by atoms with Crippen LogP contribution in [0, 0.1) is 5.92 Å². The molecule has 1 amide bonds. The number of carbonyl (C=O) groups excluding carboxylic acids is 1. The molecule has 0 aliphatic carbocycles. The molecule has 1 unspecified atom stereocenters. The number of H-pyrrole nitrogens is 1. The Bertz CT molecular complexity index is 985. The lowest BCUT2D eigenvalue weighted by molar-refractivity contribution is -0.134. The maximum atomic E-state index is 12.7. The van der Waals surface area contributed by atoms with E-state index in [9.17, 15) is 4.79 Å². The number of carbonyl (C=O) groups is 1. The normalized spacial score (nSPS) is 16.6. The molecule has 29 heavy (non-hydrogen) atoms. The molecule has 1 fully saturated rings. The van der Waals surface area contributed by atoms with Crippen LogP contribution in [0.1, 0.15) is 19.4 Å². The van der Waals surface area contributed by atoms with Gasteiger partial charge in [-0.1, -0.05) is 67.9 Å². The molecule has 1 aliphatic rings. The van der Waals surface area contributed by atoms with Gasteiger partial charge in [0.2, 0.25) is 5.91 Å². The second-order valence-electron chi connectivity index (χ2n) is 7.51. The Hall–Kier alpha value is -2.24. The van der Waals surface area contributed by atoms with Crippen LogP contribution in [-0.2, 0) is 11.2 Å². The predicted octanol–water partition coefficient (Wildman–Crippen LogP) is 5.50. The van der Waals surface area contributed by atoms with Gasteiger partial charge in [0.1, 0.15) is 0 Å². The van der Waals surface area contributed by atoms with Crippen LogP contribution in [-0.4, -0.2) is 38.7 Å². The minimum atomic E-state index is 0.00452. The van der Waals surface area contributed by atoms with Crippen molar-refractivity contribution in [3.8, 4) is 22.5 Å². The minimum Gasteiger partial charge on any atom is -0.329 e. The number of aromatic amines is 1. The molecule has 4 rings (SSSR count). The molecule has 1 saturated heterocycles. The molecule has 3 aromatic rings. The van der Waals surface area contributed by atoms with Crippen LogP contribution in [0.15, 0.2) is 54.6 Å². The van der Waals surface area contributed by atoms with Crippen molar-refractivity contribution in [3.63, 3.8) is 0 Å². The van der Waals surface area contributed by atoms with Gasteiger partial charge in [0.15, 0.2) is 0 Å². The fourth-order valence-corrected chi connectivity index (χ4v) is 5.08. The minimum absolute atomic E-state index is 0.00452. The van der Waals surface area contributed by atoms with Crippen molar-refractivity contribution in [1.29, 1.82) is 0 Å². The number of benzene rings is 2. The topological polar surface area (TPSA) is 49.0 Å². The number of rotatable bonds is 5. The van der Waals surface area contributed by atoms with E-state index in [-0.39, 0.29) is 17.2 Å². The van der Waals surface area contributed by atoms with Gasteiger partial charge in [0, 0.05) is 40.8 Å². The molecule has 150 valence electrons. The lowest BCUT2D eigenvalue weighted by Crippen LogP contribution is -2.38. The molecule has 0 bridgehead atoms. The smallest absolute Gasteiger partial charge is 0.226 e. The third-order valence-corrected chi connectivity index (χ3v) is 6.67. The summed E-state index contributed by atoms with van der Waals surface area (Å²) in [4.78, 5) is 14.7. The van der Waals surface area contributed by atoms with Gasteiger partial charge in [-0.15, -0.1) is 11.8 Å². The van der Waals surface area contributed by atoms with E-state index in [0.29, 0.717) is 5.02 Å². The van der Waals surface area contributed by atoms with E-state index < -0.39 is 0 Å². The summed E-state index contributed by atoms with van der Waals surface area (Å²) in [5, 5.41) is 8.73. The monoisotopic (exact) mass is 425 g/mol. The van der Waals surface area contributed by atoms with Crippen molar-refractivity contribution in [2.45, 2.75) is 25.6 Å². The van der Waals surface area contributed by atoms with Gasteiger partial charge in [-0.3, -0.25) is 9.89 Å². The molecule has 2 aromatic carbocycles. The van der Waals surface area contributed by atoms with Gasteiger partial charge in [-0.2, -0.15) is 5.10 Å². The molecular weight excluding hydrogens is 402 g/mol. The van der Waals surface area contributed by atoms with Crippen LogP contribution in [0.2, 0.25) is 5.02 Å². The lowest BCUT2D eigenvalue weighted by atomic mass is 9.99. The molecule has 2 heterocycles. The van der Waals surface area contributed by atoms with Crippen molar-refractivity contribution < 1.29 is 4.79 Å². The Morgan fingerprint density at radius 3 is 2.59 bits per heavy atom. The van der Waals surface area contributed by atoms with Crippen molar-refractivity contribution in [2.24, 2.45) is 5.92 Å². The zero-order valence-electron chi connectivity index (χ0n) is 16.6. The highest BCUT2D eigenvalue weighted by Gasteiger charge is 2.32. The number of hydrogen-bond donors (Lipinski definition) is 1. The van der Waals surface area contributed by atoms with E-state index in [1.54, 1.807) is 0 Å². The average Bonchev–Trinajstić information content (AvgIpc) is 3.36. The first-order valence-corrected chi connectivity index (χ1v) is 11.3. The summed E-state index contributed by atoms with van der Waals surface area (Å²) in [6.07, 6.45) is 0.752.